The van der Waals surface area contributed by atoms with Gasteiger partial charge in [-0.1, -0.05) is 60.7 Å². The Kier molecular flexibility index (Phi) is 6.42. The number of hydrogen-bond acceptors (Lipinski definition) is 2. The maximum atomic E-state index is 12.8. The highest BCUT2D eigenvalue weighted by Gasteiger charge is 2.26. The highest BCUT2D eigenvalue weighted by molar-refractivity contribution is 5.77. The van der Waals surface area contributed by atoms with Gasteiger partial charge >= 0.3 is 0 Å². The number of hydrogen-bond donors (Lipinski definition) is 1. The molecule has 1 aliphatic heterocycles. The molecule has 1 amide bonds. The van der Waals surface area contributed by atoms with Crippen LogP contribution in [0, 0.1) is 5.92 Å². The first-order valence-electron chi connectivity index (χ1n) is 10.5. The summed E-state index contributed by atoms with van der Waals surface area (Å²) in [4.78, 5) is 14.9. The number of quaternary nitrogens is 1. The van der Waals surface area contributed by atoms with Gasteiger partial charge in [0.15, 0.2) is 18.3 Å². The first kappa shape index (κ1) is 19.5. The van der Waals surface area contributed by atoms with E-state index in [4.69, 9.17) is 4.42 Å². The van der Waals surface area contributed by atoms with Crippen LogP contribution in [0.5, 0.6) is 0 Å². The maximum Gasteiger partial charge on any atom is 0.277 e. The average Bonchev–Trinajstić information content (AvgIpc) is 3.30. The third-order valence-corrected chi connectivity index (χ3v) is 5.87. The van der Waals surface area contributed by atoms with Gasteiger partial charge in [0.05, 0.1) is 6.26 Å². The summed E-state index contributed by atoms with van der Waals surface area (Å²) in [7, 11) is 0. The number of benzene rings is 2. The van der Waals surface area contributed by atoms with Crippen LogP contribution in [0.3, 0.4) is 0 Å². The van der Waals surface area contributed by atoms with E-state index in [1.807, 2.05) is 35.2 Å². The second-order valence-corrected chi connectivity index (χ2v) is 7.86. The summed E-state index contributed by atoms with van der Waals surface area (Å²) in [6.07, 6.45) is 4.98. The van der Waals surface area contributed by atoms with E-state index >= 15 is 0 Å². The van der Waals surface area contributed by atoms with Crippen LogP contribution in [0.2, 0.25) is 0 Å². The van der Waals surface area contributed by atoms with Crippen LogP contribution < -0.4 is 5.32 Å². The van der Waals surface area contributed by atoms with E-state index in [0.29, 0.717) is 12.5 Å². The molecule has 0 spiro atoms. The zero-order valence-corrected chi connectivity index (χ0v) is 16.7. The van der Waals surface area contributed by atoms with E-state index in [9.17, 15) is 4.79 Å². The predicted octanol–water partition coefficient (Wildman–Crippen LogP) is 3.41. The Balaban J connectivity index is 1.30. The van der Waals surface area contributed by atoms with Crippen LogP contribution in [0.1, 0.15) is 35.8 Å². The molecule has 2 aromatic carbocycles. The van der Waals surface area contributed by atoms with Crippen molar-refractivity contribution in [3.05, 3.63) is 95.9 Å². The summed E-state index contributed by atoms with van der Waals surface area (Å²) < 4.78 is 5.64. The molecule has 1 fully saturated rings. The Bertz CT molecular complexity index is 870. The third kappa shape index (κ3) is 5.15. The van der Waals surface area contributed by atoms with Crippen molar-refractivity contribution in [2.24, 2.45) is 5.92 Å². The molecule has 0 radical (unpaired) electrons. The molecular formula is C25H29N2O2+. The number of nitrogens with two attached hydrogens (primary N) is 1. The first-order valence-corrected chi connectivity index (χ1v) is 10.5. The van der Waals surface area contributed by atoms with Crippen LogP contribution >= 0.6 is 0 Å². The quantitative estimate of drug-likeness (QED) is 0.673. The molecule has 2 N–H and O–H groups in total. The molecule has 4 rings (SSSR count). The van der Waals surface area contributed by atoms with Gasteiger partial charge in [0, 0.05) is 18.7 Å². The molecule has 1 aromatic heterocycles. The topological polar surface area (TPSA) is 50.1 Å². The monoisotopic (exact) mass is 389 g/mol. The molecular weight excluding hydrogens is 360 g/mol. The normalized spacial score (nSPS) is 15.9. The van der Waals surface area contributed by atoms with E-state index in [2.05, 4.69) is 47.8 Å². The Labute approximate surface area is 172 Å². The van der Waals surface area contributed by atoms with Gasteiger partial charge in [-0.15, -0.1) is 0 Å². The highest BCUT2D eigenvalue weighted by Crippen LogP contribution is 2.22. The molecule has 1 saturated heterocycles. The molecule has 150 valence electrons. The van der Waals surface area contributed by atoms with Crippen molar-refractivity contribution in [3.63, 3.8) is 0 Å². The fraction of sp³-hybridized carbons (Fsp3) is 0.320. The van der Waals surface area contributed by atoms with E-state index in [-0.39, 0.29) is 11.9 Å². The molecule has 4 nitrogen and oxygen atoms in total. The first-order chi connectivity index (χ1) is 14.3. The summed E-state index contributed by atoms with van der Waals surface area (Å²) in [6, 6.07) is 24.8. The second kappa shape index (κ2) is 9.57. The van der Waals surface area contributed by atoms with Crippen molar-refractivity contribution in [3.8, 4) is 0 Å². The molecule has 1 atom stereocenters. The number of carbonyl (C=O) groups excluding carboxylic acids is 1. The van der Waals surface area contributed by atoms with Crippen molar-refractivity contribution in [1.29, 1.82) is 0 Å². The number of rotatable bonds is 7. The molecule has 3 aromatic rings. The summed E-state index contributed by atoms with van der Waals surface area (Å²) >= 11 is 0. The third-order valence-electron chi connectivity index (χ3n) is 5.87. The standard InChI is InChI=1S/C25H28N2O2/c28-24(27-15-13-21(14-16-27)18-20-8-3-1-4-9-20)19-26-25(23-12-7-17-29-23)22-10-5-2-6-11-22/h1-12,17,21,25-26H,13-16,18-19H2/p+1/t25-/m1/s1. The number of amides is 1. The molecule has 0 saturated carbocycles. The minimum atomic E-state index is 0.00534. The van der Waals surface area contributed by atoms with Gasteiger partial charge < -0.3 is 14.6 Å². The van der Waals surface area contributed by atoms with Crippen molar-refractivity contribution in [1.82, 2.24) is 4.90 Å². The largest absolute Gasteiger partial charge is 0.463 e. The second-order valence-electron chi connectivity index (χ2n) is 7.86. The molecule has 0 aliphatic carbocycles. The fourth-order valence-corrected chi connectivity index (χ4v) is 4.23. The number of likely N-dealkylation sites (tertiary alicyclic amines) is 1. The predicted molar refractivity (Wildman–Crippen MR) is 113 cm³/mol. The molecule has 2 heterocycles. The minimum Gasteiger partial charge on any atom is -0.463 e. The SMILES string of the molecule is O=C(C[NH2+][C@H](c1ccccc1)c1ccco1)N1CCC(Cc2ccccc2)CC1. The van der Waals surface area contributed by atoms with Crippen LogP contribution in [0.25, 0.3) is 0 Å². The van der Waals surface area contributed by atoms with Crippen LogP contribution in [0.15, 0.2) is 83.5 Å². The summed E-state index contributed by atoms with van der Waals surface area (Å²) in [6.45, 7) is 2.16. The number of piperidine rings is 1. The van der Waals surface area contributed by atoms with Crippen molar-refractivity contribution in [2.75, 3.05) is 19.6 Å². The van der Waals surface area contributed by atoms with Crippen molar-refractivity contribution in [2.45, 2.75) is 25.3 Å². The average molecular weight is 390 g/mol. The van der Waals surface area contributed by atoms with Gasteiger partial charge in [-0.2, -0.15) is 0 Å². The van der Waals surface area contributed by atoms with Crippen LogP contribution in [-0.4, -0.2) is 30.4 Å². The zero-order chi connectivity index (χ0) is 19.9. The van der Waals surface area contributed by atoms with Crippen molar-refractivity contribution < 1.29 is 14.5 Å². The van der Waals surface area contributed by atoms with Gasteiger partial charge in [0.1, 0.15) is 0 Å². The zero-order valence-electron chi connectivity index (χ0n) is 16.7. The molecule has 0 bridgehead atoms. The Morgan fingerprint density at radius 1 is 0.966 bits per heavy atom. The number of carbonyl (C=O) groups is 1. The Hall–Kier alpha value is -2.85. The lowest BCUT2D eigenvalue weighted by molar-refractivity contribution is -0.679. The van der Waals surface area contributed by atoms with Gasteiger partial charge in [-0.3, -0.25) is 4.79 Å². The molecule has 4 heteroatoms. The summed E-state index contributed by atoms with van der Waals surface area (Å²) in [5.74, 6) is 1.77. The van der Waals surface area contributed by atoms with E-state index in [1.54, 1.807) is 6.26 Å². The Morgan fingerprint density at radius 3 is 2.31 bits per heavy atom. The molecule has 29 heavy (non-hydrogen) atoms. The molecule has 0 unspecified atom stereocenters. The van der Waals surface area contributed by atoms with Gasteiger partial charge in [0.2, 0.25) is 0 Å². The smallest absolute Gasteiger partial charge is 0.277 e. The maximum absolute atomic E-state index is 12.8. The minimum absolute atomic E-state index is 0.00534. The van der Waals surface area contributed by atoms with E-state index < -0.39 is 0 Å². The lowest BCUT2D eigenvalue weighted by atomic mass is 9.90. The lowest BCUT2D eigenvalue weighted by Crippen LogP contribution is -2.87. The summed E-state index contributed by atoms with van der Waals surface area (Å²) in [5.41, 5.74) is 2.55. The number of nitrogens with zero attached hydrogens (tertiary/aromatic N) is 1. The van der Waals surface area contributed by atoms with Gasteiger partial charge in [-0.05, 0) is 42.9 Å². The lowest BCUT2D eigenvalue weighted by Gasteiger charge is -2.32. The van der Waals surface area contributed by atoms with E-state index in [0.717, 1.165) is 43.7 Å². The summed E-state index contributed by atoms with van der Waals surface area (Å²) in [5, 5.41) is 2.09. The Morgan fingerprint density at radius 2 is 1.66 bits per heavy atom. The van der Waals surface area contributed by atoms with Crippen LogP contribution in [-0.2, 0) is 11.2 Å². The molecule has 1 aliphatic rings. The van der Waals surface area contributed by atoms with Crippen LogP contribution in [0.4, 0.5) is 0 Å². The van der Waals surface area contributed by atoms with Gasteiger partial charge in [0.25, 0.3) is 5.91 Å². The number of furan rings is 1. The highest BCUT2D eigenvalue weighted by atomic mass is 16.3. The van der Waals surface area contributed by atoms with Gasteiger partial charge in [-0.25, -0.2) is 0 Å². The fourth-order valence-electron chi connectivity index (χ4n) is 4.23. The van der Waals surface area contributed by atoms with E-state index in [1.165, 1.54) is 5.56 Å². The van der Waals surface area contributed by atoms with Crippen molar-refractivity contribution >= 4 is 5.91 Å².